The van der Waals surface area contributed by atoms with Crippen LogP contribution in [0.2, 0.25) is 0 Å². The van der Waals surface area contributed by atoms with E-state index in [-0.39, 0.29) is 11.5 Å². The third-order valence-corrected chi connectivity index (χ3v) is 5.48. The van der Waals surface area contributed by atoms with Crippen molar-refractivity contribution in [3.63, 3.8) is 0 Å². The van der Waals surface area contributed by atoms with Gasteiger partial charge in [0.15, 0.2) is 11.5 Å². The van der Waals surface area contributed by atoms with E-state index in [4.69, 9.17) is 14.2 Å². The lowest BCUT2D eigenvalue weighted by Gasteiger charge is -2.20. The monoisotopic (exact) mass is 462 g/mol. The van der Waals surface area contributed by atoms with E-state index in [1.165, 1.54) is 12.1 Å². The van der Waals surface area contributed by atoms with Crippen molar-refractivity contribution in [3.8, 4) is 17.2 Å². The number of ether oxygens (including phenoxy) is 3. The lowest BCUT2D eigenvalue weighted by molar-refractivity contribution is -0.135. The largest absolute Gasteiger partial charge is 0.490 e. The van der Waals surface area contributed by atoms with Crippen LogP contribution in [0.1, 0.15) is 50.9 Å². The predicted molar refractivity (Wildman–Crippen MR) is 117 cm³/mol. The number of carbonyl (C=O) groups is 4. The highest BCUT2D eigenvalue weighted by atomic mass is 16.5. The number of rotatable bonds is 10. The normalized spacial score (nSPS) is 19.7. The summed E-state index contributed by atoms with van der Waals surface area (Å²) in [5, 5.41) is 2.67. The smallest absolute Gasteiger partial charge is 0.325 e. The van der Waals surface area contributed by atoms with Gasteiger partial charge in [-0.15, -0.1) is 0 Å². The summed E-state index contributed by atoms with van der Waals surface area (Å²) in [5.74, 6) is -0.646. The van der Waals surface area contributed by atoms with Crippen LogP contribution in [0, 0.1) is 5.92 Å². The Morgan fingerprint density at radius 3 is 2.12 bits per heavy atom. The Balaban J connectivity index is 1.65. The minimum absolute atomic E-state index is 0.0837. The van der Waals surface area contributed by atoms with Crippen molar-refractivity contribution >= 4 is 23.8 Å². The van der Waals surface area contributed by atoms with E-state index in [0.717, 1.165) is 17.7 Å². The van der Waals surface area contributed by atoms with Crippen molar-refractivity contribution in [2.24, 2.45) is 5.92 Å². The molecule has 1 heterocycles. The third-order valence-electron chi connectivity index (χ3n) is 5.48. The Morgan fingerprint density at radius 1 is 1.03 bits per heavy atom. The summed E-state index contributed by atoms with van der Waals surface area (Å²) in [7, 11) is 0. The quantitative estimate of drug-likeness (QED) is 0.353. The minimum Gasteiger partial charge on any atom is -0.490 e. The van der Waals surface area contributed by atoms with Crippen molar-refractivity contribution in [1.29, 1.82) is 0 Å². The van der Waals surface area contributed by atoms with Gasteiger partial charge >= 0.3 is 6.03 Å². The van der Waals surface area contributed by atoms with E-state index in [9.17, 15) is 19.2 Å². The van der Waals surface area contributed by atoms with Crippen LogP contribution in [-0.4, -0.2) is 60.6 Å². The lowest BCUT2D eigenvalue weighted by Crippen LogP contribution is -2.49. The average Bonchev–Trinajstić information content (AvgIpc) is 3.60. The van der Waals surface area contributed by atoms with Gasteiger partial charge < -0.3 is 19.5 Å². The Kier molecular flexibility index (Phi) is 7.29. The molecule has 2 aliphatic rings. The van der Waals surface area contributed by atoms with Gasteiger partial charge in [0.25, 0.3) is 17.7 Å². The zero-order chi connectivity index (χ0) is 24.2. The first-order valence-corrected chi connectivity index (χ1v) is 11.0. The van der Waals surface area contributed by atoms with Crippen LogP contribution in [-0.2, 0) is 9.59 Å². The molecule has 3 rings (SSSR count). The molecule has 1 aliphatic carbocycles. The Morgan fingerprint density at radius 2 is 1.61 bits per heavy atom. The molecule has 11 heteroatoms. The predicted octanol–water partition coefficient (Wildman–Crippen LogP) is 1.36. The highest BCUT2D eigenvalue weighted by Crippen LogP contribution is 2.42. The van der Waals surface area contributed by atoms with E-state index in [0.29, 0.717) is 37.1 Å². The molecule has 1 saturated carbocycles. The number of amides is 5. The maximum atomic E-state index is 12.7. The fourth-order valence-corrected chi connectivity index (χ4v) is 3.70. The maximum Gasteiger partial charge on any atom is 0.325 e. The average molecular weight is 463 g/mol. The van der Waals surface area contributed by atoms with Crippen molar-refractivity contribution in [2.45, 2.75) is 46.1 Å². The standard InChI is InChI=1S/C22H30N4O7/c1-5-31-15-10-13(11-16(32-6-2)18(15)33-7-3)19(28)25-24-17(27)12-26-20(29)22(4,14-8-9-14)23-21(26)30/h10-11,14H,5-9,12H2,1-4H3,(H,23,30)(H,24,27)(H,25,28). The highest BCUT2D eigenvalue weighted by molar-refractivity contribution is 6.09. The molecule has 1 saturated heterocycles. The number of hydrogen-bond acceptors (Lipinski definition) is 7. The molecule has 0 bridgehead atoms. The van der Waals surface area contributed by atoms with Crippen molar-refractivity contribution in [3.05, 3.63) is 17.7 Å². The topological polar surface area (TPSA) is 135 Å². The number of nitrogens with one attached hydrogen (secondary N) is 3. The summed E-state index contributed by atoms with van der Waals surface area (Å²) in [5.41, 5.74) is 3.72. The van der Waals surface area contributed by atoms with Crippen molar-refractivity contribution in [2.75, 3.05) is 26.4 Å². The van der Waals surface area contributed by atoms with Crippen molar-refractivity contribution < 1.29 is 33.4 Å². The summed E-state index contributed by atoms with van der Waals surface area (Å²) in [6.45, 7) is 7.65. The van der Waals surface area contributed by atoms with Gasteiger partial charge in [-0.2, -0.15) is 0 Å². The van der Waals surface area contributed by atoms with Crippen LogP contribution in [0.5, 0.6) is 17.2 Å². The fraction of sp³-hybridized carbons (Fsp3) is 0.545. The number of nitrogens with zero attached hydrogens (tertiary/aromatic N) is 1. The number of hydrogen-bond donors (Lipinski definition) is 3. The van der Waals surface area contributed by atoms with Gasteiger partial charge in [0.1, 0.15) is 12.1 Å². The summed E-state index contributed by atoms with van der Waals surface area (Å²) < 4.78 is 16.8. The van der Waals surface area contributed by atoms with Crippen molar-refractivity contribution in [1.82, 2.24) is 21.1 Å². The first kappa shape index (κ1) is 24.1. The zero-order valence-electron chi connectivity index (χ0n) is 19.3. The molecule has 0 radical (unpaired) electrons. The molecule has 0 aromatic heterocycles. The minimum atomic E-state index is -0.978. The summed E-state index contributed by atoms with van der Waals surface area (Å²) >= 11 is 0. The van der Waals surface area contributed by atoms with Gasteiger partial charge in [0.2, 0.25) is 5.75 Å². The van der Waals surface area contributed by atoms with Gasteiger partial charge in [-0.3, -0.25) is 30.1 Å². The van der Waals surface area contributed by atoms with Gasteiger partial charge in [-0.1, -0.05) is 0 Å². The highest BCUT2D eigenvalue weighted by Gasteiger charge is 2.56. The third kappa shape index (κ3) is 5.12. The molecule has 2 fully saturated rings. The van der Waals surface area contributed by atoms with Crippen LogP contribution in [0.3, 0.4) is 0 Å². The van der Waals surface area contributed by atoms with Gasteiger partial charge in [0.05, 0.1) is 19.8 Å². The number of urea groups is 1. The first-order valence-electron chi connectivity index (χ1n) is 11.0. The fourth-order valence-electron chi connectivity index (χ4n) is 3.70. The molecule has 1 atom stereocenters. The molecule has 0 spiro atoms. The van der Waals surface area contributed by atoms with E-state index in [1.807, 2.05) is 6.92 Å². The second-order valence-electron chi connectivity index (χ2n) is 7.90. The van der Waals surface area contributed by atoms with Crippen LogP contribution in [0.25, 0.3) is 0 Å². The van der Waals surface area contributed by atoms with Gasteiger partial charge in [-0.25, -0.2) is 4.79 Å². The molecule has 3 N–H and O–H groups in total. The van der Waals surface area contributed by atoms with Gasteiger partial charge in [0, 0.05) is 5.56 Å². The van der Waals surface area contributed by atoms with Crippen LogP contribution in [0.4, 0.5) is 4.79 Å². The molecular weight excluding hydrogens is 432 g/mol. The van der Waals surface area contributed by atoms with Crippen LogP contribution in [0.15, 0.2) is 12.1 Å². The number of hydrazine groups is 1. The Hall–Kier alpha value is -3.50. The van der Waals surface area contributed by atoms with E-state index >= 15 is 0 Å². The molecule has 1 aliphatic heterocycles. The Bertz CT molecular complexity index is 920. The Labute approximate surface area is 192 Å². The number of carbonyl (C=O) groups excluding carboxylic acids is 4. The van der Waals surface area contributed by atoms with E-state index in [1.54, 1.807) is 20.8 Å². The molecular formula is C22H30N4O7. The summed E-state index contributed by atoms with van der Waals surface area (Å²) in [4.78, 5) is 50.7. The van der Waals surface area contributed by atoms with E-state index < -0.39 is 35.8 Å². The molecule has 180 valence electrons. The van der Waals surface area contributed by atoms with E-state index in [2.05, 4.69) is 16.2 Å². The maximum absolute atomic E-state index is 12.7. The lowest BCUT2D eigenvalue weighted by atomic mass is 9.96. The zero-order valence-corrected chi connectivity index (χ0v) is 19.3. The molecule has 11 nitrogen and oxygen atoms in total. The molecule has 1 aromatic rings. The molecule has 33 heavy (non-hydrogen) atoms. The van der Waals surface area contributed by atoms with Crippen LogP contribution < -0.4 is 30.4 Å². The second-order valence-corrected chi connectivity index (χ2v) is 7.90. The summed E-state index contributed by atoms with van der Waals surface area (Å²) in [6.07, 6.45) is 1.71. The van der Waals surface area contributed by atoms with Gasteiger partial charge in [-0.05, 0) is 58.6 Å². The molecule has 1 aromatic carbocycles. The SMILES string of the molecule is CCOc1cc(C(=O)NNC(=O)CN2C(=O)NC(C)(C3CC3)C2=O)cc(OCC)c1OCC. The molecule has 5 amide bonds. The number of imide groups is 1. The summed E-state index contributed by atoms with van der Waals surface area (Å²) in [6, 6.07) is 2.35. The number of benzene rings is 1. The molecule has 1 unspecified atom stereocenters. The first-order chi connectivity index (χ1) is 15.7. The van der Waals surface area contributed by atoms with Crippen LogP contribution >= 0.6 is 0 Å². The second kappa shape index (κ2) is 9.97.